The second-order valence-electron chi connectivity index (χ2n) is 8.94. The summed E-state index contributed by atoms with van der Waals surface area (Å²) < 4.78 is 26.4. The molecule has 2 aliphatic rings. The first kappa shape index (κ1) is 25.2. The van der Waals surface area contributed by atoms with Crippen LogP contribution in [-0.4, -0.2) is 54.0 Å². The number of fused-ring (bicyclic) bond motifs is 1. The molecule has 1 saturated carbocycles. The normalized spacial score (nSPS) is 17.8. The van der Waals surface area contributed by atoms with Crippen LogP contribution in [0.4, 0.5) is 0 Å². The lowest BCUT2D eigenvalue weighted by molar-refractivity contribution is -0.140. The lowest BCUT2D eigenvalue weighted by Gasteiger charge is -2.30. The van der Waals surface area contributed by atoms with Crippen LogP contribution in [0.5, 0.6) is 0 Å². The highest BCUT2D eigenvalue weighted by atomic mass is 35.5. The molecule has 0 spiro atoms. The minimum Gasteiger partial charge on any atom is -0.352 e. The summed E-state index contributed by atoms with van der Waals surface area (Å²) >= 11 is 5.98. The van der Waals surface area contributed by atoms with E-state index in [4.69, 9.17) is 11.6 Å². The predicted molar refractivity (Wildman–Crippen MR) is 131 cm³/mol. The number of carbonyl (C=O) groups excluding carboxylic acids is 3. The molecule has 2 aromatic carbocycles. The zero-order valence-corrected chi connectivity index (χ0v) is 21.0. The van der Waals surface area contributed by atoms with Gasteiger partial charge in [-0.15, -0.1) is 0 Å². The lowest BCUT2D eigenvalue weighted by Crippen LogP contribution is -2.50. The number of hydrogen-bond acceptors (Lipinski definition) is 5. The SMILES string of the molecule is C[C@H](C(=O)NC1CCCC1)N(Cc1ccc(Cl)cc1)C(=O)CCN1C(=O)c2ccccc2S1(=O)=O. The molecule has 35 heavy (non-hydrogen) atoms. The van der Waals surface area contributed by atoms with Crippen LogP contribution in [0.15, 0.2) is 53.4 Å². The number of amides is 3. The molecule has 10 heteroatoms. The maximum atomic E-state index is 13.3. The van der Waals surface area contributed by atoms with E-state index in [0.717, 1.165) is 35.6 Å². The van der Waals surface area contributed by atoms with Crippen LogP contribution in [0.2, 0.25) is 5.02 Å². The zero-order valence-electron chi connectivity index (χ0n) is 19.4. The Morgan fingerprint density at radius 1 is 1.11 bits per heavy atom. The van der Waals surface area contributed by atoms with E-state index in [1.807, 2.05) is 0 Å². The number of benzene rings is 2. The molecule has 1 aliphatic carbocycles. The molecule has 1 atom stereocenters. The number of hydrogen-bond donors (Lipinski definition) is 1. The van der Waals surface area contributed by atoms with Gasteiger partial charge in [-0.1, -0.05) is 48.7 Å². The van der Waals surface area contributed by atoms with E-state index in [-0.39, 0.29) is 41.9 Å². The molecule has 1 aliphatic heterocycles. The van der Waals surface area contributed by atoms with Gasteiger partial charge in [-0.3, -0.25) is 14.4 Å². The summed E-state index contributed by atoms with van der Waals surface area (Å²) in [6.45, 7) is 1.50. The number of rotatable bonds is 8. The average Bonchev–Trinajstić information content (AvgIpc) is 3.42. The average molecular weight is 518 g/mol. The van der Waals surface area contributed by atoms with E-state index >= 15 is 0 Å². The van der Waals surface area contributed by atoms with E-state index in [0.29, 0.717) is 5.02 Å². The Kier molecular flexibility index (Phi) is 7.47. The maximum Gasteiger partial charge on any atom is 0.269 e. The minimum absolute atomic E-state index is 0.0558. The monoisotopic (exact) mass is 517 g/mol. The van der Waals surface area contributed by atoms with Crippen molar-refractivity contribution in [3.63, 3.8) is 0 Å². The van der Waals surface area contributed by atoms with Crippen molar-refractivity contribution >= 4 is 39.3 Å². The summed E-state index contributed by atoms with van der Waals surface area (Å²) in [5.74, 6) is -1.32. The van der Waals surface area contributed by atoms with E-state index < -0.39 is 27.9 Å². The molecule has 4 rings (SSSR count). The summed E-state index contributed by atoms with van der Waals surface area (Å²) in [6, 6.07) is 12.3. The van der Waals surface area contributed by atoms with Crippen molar-refractivity contribution in [1.29, 1.82) is 0 Å². The van der Waals surface area contributed by atoms with Gasteiger partial charge in [0.05, 0.1) is 5.56 Å². The number of nitrogens with one attached hydrogen (secondary N) is 1. The van der Waals surface area contributed by atoms with Crippen LogP contribution in [0, 0.1) is 0 Å². The van der Waals surface area contributed by atoms with Crippen molar-refractivity contribution in [2.45, 2.75) is 62.6 Å². The van der Waals surface area contributed by atoms with Gasteiger partial charge < -0.3 is 10.2 Å². The van der Waals surface area contributed by atoms with Crippen LogP contribution in [-0.2, 0) is 26.2 Å². The van der Waals surface area contributed by atoms with Crippen LogP contribution in [0.3, 0.4) is 0 Å². The molecule has 1 heterocycles. The molecule has 186 valence electrons. The van der Waals surface area contributed by atoms with E-state index in [1.165, 1.54) is 17.0 Å². The lowest BCUT2D eigenvalue weighted by atomic mass is 10.1. The Hall–Kier alpha value is -2.91. The van der Waals surface area contributed by atoms with Crippen LogP contribution in [0.1, 0.15) is 54.9 Å². The van der Waals surface area contributed by atoms with Crippen molar-refractivity contribution in [2.24, 2.45) is 0 Å². The number of halogens is 1. The van der Waals surface area contributed by atoms with Crippen LogP contribution in [0.25, 0.3) is 0 Å². The Balaban J connectivity index is 1.50. The summed E-state index contributed by atoms with van der Waals surface area (Å²) in [5, 5.41) is 3.58. The van der Waals surface area contributed by atoms with Gasteiger partial charge in [-0.2, -0.15) is 0 Å². The summed E-state index contributed by atoms with van der Waals surface area (Å²) in [4.78, 5) is 40.4. The quantitative estimate of drug-likeness (QED) is 0.578. The first-order valence-electron chi connectivity index (χ1n) is 11.7. The van der Waals surface area contributed by atoms with Gasteiger partial charge >= 0.3 is 0 Å². The van der Waals surface area contributed by atoms with Gasteiger partial charge in [-0.25, -0.2) is 12.7 Å². The fraction of sp³-hybridized carbons (Fsp3) is 0.400. The van der Waals surface area contributed by atoms with Crippen LogP contribution >= 0.6 is 11.6 Å². The van der Waals surface area contributed by atoms with E-state index in [1.54, 1.807) is 43.3 Å². The van der Waals surface area contributed by atoms with Crippen molar-refractivity contribution in [1.82, 2.24) is 14.5 Å². The number of nitrogens with zero attached hydrogens (tertiary/aromatic N) is 2. The standard InChI is InChI=1S/C25H28ClN3O5S/c1-17(24(31)27-20-6-2-3-7-20)28(16-18-10-12-19(26)13-11-18)23(30)14-15-29-25(32)21-8-4-5-9-22(21)35(29,33)34/h4-5,8-13,17,20H,2-3,6-7,14-16H2,1H3,(H,27,31)/t17-/m1/s1. The highest BCUT2D eigenvalue weighted by Gasteiger charge is 2.41. The van der Waals surface area contributed by atoms with Gasteiger partial charge in [0, 0.05) is 30.6 Å². The third kappa shape index (κ3) is 5.36. The zero-order chi connectivity index (χ0) is 25.2. The largest absolute Gasteiger partial charge is 0.352 e. The number of carbonyl (C=O) groups is 3. The summed E-state index contributed by atoms with van der Waals surface area (Å²) in [7, 11) is -4.01. The van der Waals surface area contributed by atoms with Gasteiger partial charge in [0.1, 0.15) is 10.9 Å². The maximum absolute atomic E-state index is 13.3. The Morgan fingerprint density at radius 2 is 1.77 bits per heavy atom. The third-order valence-corrected chi connectivity index (χ3v) is 8.67. The molecule has 8 nitrogen and oxygen atoms in total. The van der Waals surface area contributed by atoms with Crippen LogP contribution < -0.4 is 5.32 Å². The van der Waals surface area contributed by atoms with E-state index in [2.05, 4.69) is 5.32 Å². The Morgan fingerprint density at radius 3 is 2.43 bits per heavy atom. The molecule has 0 aromatic heterocycles. The fourth-order valence-corrected chi connectivity index (χ4v) is 6.25. The van der Waals surface area contributed by atoms with E-state index in [9.17, 15) is 22.8 Å². The third-order valence-electron chi connectivity index (χ3n) is 6.58. The molecule has 0 bridgehead atoms. The van der Waals surface area contributed by atoms with Gasteiger partial charge in [0.25, 0.3) is 15.9 Å². The minimum atomic E-state index is -4.01. The second kappa shape index (κ2) is 10.4. The molecule has 1 fully saturated rings. The van der Waals surface area contributed by atoms with Crippen molar-refractivity contribution in [2.75, 3.05) is 6.54 Å². The smallest absolute Gasteiger partial charge is 0.269 e. The van der Waals surface area contributed by atoms with Crippen molar-refractivity contribution in [3.05, 3.63) is 64.7 Å². The highest BCUT2D eigenvalue weighted by Crippen LogP contribution is 2.30. The Labute approximate surface area is 210 Å². The van der Waals surface area contributed by atoms with Crippen molar-refractivity contribution < 1.29 is 22.8 Å². The molecular weight excluding hydrogens is 490 g/mol. The predicted octanol–water partition coefficient (Wildman–Crippen LogP) is 3.35. The molecule has 0 unspecified atom stereocenters. The topological polar surface area (TPSA) is 104 Å². The second-order valence-corrected chi connectivity index (χ2v) is 11.2. The Bertz CT molecular complexity index is 1230. The number of sulfonamides is 1. The molecule has 2 aromatic rings. The molecule has 1 N–H and O–H groups in total. The summed E-state index contributed by atoms with van der Waals surface area (Å²) in [5.41, 5.74) is 0.878. The van der Waals surface area contributed by atoms with Gasteiger partial charge in [0.2, 0.25) is 11.8 Å². The molecule has 0 radical (unpaired) electrons. The fourth-order valence-electron chi connectivity index (χ4n) is 4.55. The van der Waals surface area contributed by atoms with Crippen molar-refractivity contribution in [3.8, 4) is 0 Å². The van der Waals surface area contributed by atoms with Gasteiger partial charge in [0.15, 0.2) is 0 Å². The summed E-state index contributed by atoms with van der Waals surface area (Å²) in [6.07, 6.45) is 3.71. The molecular formula is C25H28ClN3O5S. The first-order valence-corrected chi connectivity index (χ1v) is 13.5. The highest BCUT2D eigenvalue weighted by molar-refractivity contribution is 7.90. The molecule has 0 saturated heterocycles. The first-order chi connectivity index (χ1) is 16.7. The molecule has 3 amide bonds. The van der Waals surface area contributed by atoms with Gasteiger partial charge in [-0.05, 0) is 49.6 Å².